The van der Waals surface area contributed by atoms with Gasteiger partial charge < -0.3 is 10.6 Å². The van der Waals surface area contributed by atoms with Crippen LogP contribution in [0.4, 0.5) is 0 Å². The summed E-state index contributed by atoms with van der Waals surface area (Å²) in [4.78, 5) is 3.17. The molecule has 0 fully saturated rings. The minimum Gasteiger partial charge on any atom is -0.311 e. The van der Waals surface area contributed by atoms with Gasteiger partial charge in [-0.3, -0.25) is 0 Å². The smallest absolute Gasteiger partial charge is 0.0302 e. The van der Waals surface area contributed by atoms with Gasteiger partial charge in [0.15, 0.2) is 0 Å². The van der Waals surface area contributed by atoms with Gasteiger partial charge in [0.2, 0.25) is 0 Å². The van der Waals surface area contributed by atoms with Crippen LogP contribution in [0.1, 0.15) is 62.3 Å². The Kier molecular flexibility index (Phi) is 5.65. The van der Waals surface area contributed by atoms with E-state index in [9.17, 15) is 0 Å². The predicted molar refractivity (Wildman–Crippen MR) is 89.6 cm³/mol. The van der Waals surface area contributed by atoms with Crippen molar-refractivity contribution in [3.63, 3.8) is 0 Å². The third-order valence-electron chi connectivity index (χ3n) is 3.86. The zero-order chi connectivity index (χ0) is 14.6. The predicted octanol–water partition coefficient (Wildman–Crippen LogP) is 3.88. The van der Waals surface area contributed by atoms with E-state index >= 15 is 0 Å². The summed E-state index contributed by atoms with van der Waals surface area (Å²) >= 11 is 2.03. The van der Waals surface area contributed by atoms with E-state index in [1.807, 2.05) is 11.3 Å². The molecule has 1 aromatic rings. The summed E-state index contributed by atoms with van der Waals surface area (Å²) in [5, 5.41) is 7.20. The van der Waals surface area contributed by atoms with Crippen LogP contribution < -0.4 is 10.6 Å². The summed E-state index contributed by atoms with van der Waals surface area (Å²) in [7, 11) is 0. The van der Waals surface area contributed by atoms with Gasteiger partial charge in [-0.05, 0) is 65.0 Å². The van der Waals surface area contributed by atoms with Crippen LogP contribution in [0.25, 0.3) is 0 Å². The maximum absolute atomic E-state index is 3.64. The summed E-state index contributed by atoms with van der Waals surface area (Å²) in [5.41, 5.74) is 1.83. The monoisotopic (exact) mass is 294 g/mol. The van der Waals surface area contributed by atoms with E-state index in [4.69, 9.17) is 0 Å². The summed E-state index contributed by atoms with van der Waals surface area (Å²) in [6, 6.07) is 2.96. The van der Waals surface area contributed by atoms with E-state index in [2.05, 4.69) is 44.4 Å². The topological polar surface area (TPSA) is 24.1 Å². The highest BCUT2D eigenvalue weighted by atomic mass is 32.1. The molecule has 3 heteroatoms. The second kappa shape index (κ2) is 7.06. The lowest BCUT2D eigenvalue weighted by molar-refractivity contribution is 0.388. The number of rotatable bonds is 5. The fourth-order valence-corrected chi connectivity index (χ4v) is 3.83. The molecular formula is C17H30N2S. The van der Waals surface area contributed by atoms with Crippen LogP contribution in [-0.2, 0) is 19.4 Å². The van der Waals surface area contributed by atoms with Crippen molar-refractivity contribution in [3.8, 4) is 0 Å². The molecule has 0 amide bonds. The first-order valence-corrected chi connectivity index (χ1v) is 8.84. The van der Waals surface area contributed by atoms with Crippen molar-refractivity contribution in [3.05, 3.63) is 21.4 Å². The fourth-order valence-electron chi connectivity index (χ4n) is 2.62. The summed E-state index contributed by atoms with van der Waals surface area (Å²) in [6.07, 6.45) is 6.77. The van der Waals surface area contributed by atoms with E-state index in [1.165, 1.54) is 37.0 Å². The first-order valence-electron chi connectivity index (χ1n) is 8.03. The first-order chi connectivity index (χ1) is 9.44. The second-order valence-electron chi connectivity index (χ2n) is 7.13. The van der Waals surface area contributed by atoms with E-state index in [0.29, 0.717) is 6.04 Å². The van der Waals surface area contributed by atoms with Crippen molar-refractivity contribution in [1.82, 2.24) is 10.6 Å². The van der Waals surface area contributed by atoms with Gasteiger partial charge in [-0.1, -0.05) is 6.42 Å². The summed E-state index contributed by atoms with van der Waals surface area (Å²) < 4.78 is 0. The van der Waals surface area contributed by atoms with Gasteiger partial charge in [0.1, 0.15) is 0 Å². The molecule has 0 saturated carbocycles. The zero-order valence-electron chi connectivity index (χ0n) is 13.5. The molecule has 0 spiro atoms. The summed E-state index contributed by atoms with van der Waals surface area (Å²) in [5.74, 6) is 0. The lowest BCUT2D eigenvalue weighted by atomic mass is 10.1. The second-order valence-corrected chi connectivity index (χ2v) is 8.36. The van der Waals surface area contributed by atoms with Crippen molar-refractivity contribution in [2.45, 2.75) is 77.9 Å². The Bertz CT molecular complexity index is 394. The van der Waals surface area contributed by atoms with Crippen LogP contribution in [0.15, 0.2) is 6.07 Å². The van der Waals surface area contributed by atoms with Crippen molar-refractivity contribution in [1.29, 1.82) is 0 Å². The van der Waals surface area contributed by atoms with Gasteiger partial charge in [-0.15, -0.1) is 11.3 Å². The van der Waals surface area contributed by atoms with Crippen molar-refractivity contribution < 1.29 is 0 Å². The molecule has 2 N–H and O–H groups in total. The molecule has 0 bridgehead atoms. The number of thiophene rings is 1. The Labute approximate surface area is 128 Å². The van der Waals surface area contributed by atoms with E-state index in [0.717, 1.165) is 13.1 Å². The van der Waals surface area contributed by atoms with Crippen molar-refractivity contribution in [2.75, 3.05) is 6.54 Å². The van der Waals surface area contributed by atoms with E-state index in [1.54, 1.807) is 10.4 Å². The van der Waals surface area contributed by atoms with Gasteiger partial charge in [0.05, 0.1) is 0 Å². The van der Waals surface area contributed by atoms with Crippen LogP contribution in [0.2, 0.25) is 0 Å². The van der Waals surface area contributed by atoms with Crippen LogP contribution in [0.3, 0.4) is 0 Å². The average molecular weight is 295 g/mol. The number of hydrogen-bond donors (Lipinski definition) is 2. The highest BCUT2D eigenvalue weighted by Crippen LogP contribution is 2.28. The van der Waals surface area contributed by atoms with Crippen LogP contribution in [-0.4, -0.2) is 18.1 Å². The van der Waals surface area contributed by atoms with Gasteiger partial charge in [0, 0.05) is 34.4 Å². The standard InChI is InChI=1S/C17H30N2S/c1-13(11-19-17(2,3)4)18-12-15-10-14-8-6-5-7-9-16(14)20-15/h10,13,18-19H,5-9,11-12H2,1-4H3. The summed E-state index contributed by atoms with van der Waals surface area (Å²) in [6.45, 7) is 11.0. The third kappa shape index (κ3) is 5.19. The molecular weight excluding hydrogens is 264 g/mol. The quantitative estimate of drug-likeness (QED) is 0.805. The number of hydrogen-bond acceptors (Lipinski definition) is 3. The van der Waals surface area contributed by atoms with Crippen molar-refractivity contribution in [2.24, 2.45) is 0 Å². The molecule has 1 aliphatic carbocycles. The molecule has 1 aliphatic rings. The number of aryl methyl sites for hydroxylation is 2. The lowest BCUT2D eigenvalue weighted by Gasteiger charge is -2.23. The van der Waals surface area contributed by atoms with Gasteiger partial charge in [-0.25, -0.2) is 0 Å². The molecule has 0 aromatic carbocycles. The SMILES string of the molecule is CC(CNC(C)(C)C)NCc1cc2c(s1)CCCCC2. The Morgan fingerprint density at radius 2 is 1.95 bits per heavy atom. The molecule has 2 rings (SSSR count). The molecule has 0 saturated heterocycles. The van der Waals surface area contributed by atoms with Crippen LogP contribution in [0, 0.1) is 0 Å². The van der Waals surface area contributed by atoms with Gasteiger partial charge in [0.25, 0.3) is 0 Å². The molecule has 2 nitrogen and oxygen atoms in total. The Morgan fingerprint density at radius 3 is 2.70 bits per heavy atom. The van der Waals surface area contributed by atoms with E-state index in [-0.39, 0.29) is 5.54 Å². The van der Waals surface area contributed by atoms with Crippen molar-refractivity contribution >= 4 is 11.3 Å². The molecule has 1 heterocycles. The Morgan fingerprint density at radius 1 is 1.20 bits per heavy atom. The molecule has 20 heavy (non-hydrogen) atoms. The fraction of sp³-hybridized carbons (Fsp3) is 0.765. The minimum atomic E-state index is 0.205. The Balaban J connectivity index is 1.79. The average Bonchev–Trinajstić information content (AvgIpc) is 2.63. The Hall–Kier alpha value is -0.380. The largest absolute Gasteiger partial charge is 0.311 e. The highest BCUT2D eigenvalue weighted by molar-refractivity contribution is 7.12. The maximum atomic E-state index is 3.64. The number of fused-ring (bicyclic) bond motifs is 1. The molecule has 1 aromatic heterocycles. The third-order valence-corrected chi connectivity index (χ3v) is 5.10. The zero-order valence-corrected chi connectivity index (χ0v) is 14.3. The van der Waals surface area contributed by atoms with E-state index < -0.39 is 0 Å². The van der Waals surface area contributed by atoms with Gasteiger partial charge in [-0.2, -0.15) is 0 Å². The highest BCUT2D eigenvalue weighted by Gasteiger charge is 2.14. The molecule has 1 unspecified atom stereocenters. The maximum Gasteiger partial charge on any atom is 0.0302 e. The first kappa shape index (κ1) is 16.0. The molecule has 114 valence electrons. The minimum absolute atomic E-state index is 0.205. The lowest BCUT2D eigenvalue weighted by Crippen LogP contribution is -2.44. The molecule has 0 aliphatic heterocycles. The molecule has 0 radical (unpaired) electrons. The van der Waals surface area contributed by atoms with Crippen LogP contribution >= 0.6 is 11.3 Å². The normalized spacial score (nSPS) is 17.6. The van der Waals surface area contributed by atoms with Crippen LogP contribution in [0.5, 0.6) is 0 Å². The molecule has 1 atom stereocenters. The van der Waals surface area contributed by atoms with Gasteiger partial charge >= 0.3 is 0 Å². The number of nitrogens with one attached hydrogen (secondary N) is 2.